The van der Waals surface area contributed by atoms with Crippen molar-refractivity contribution in [3.63, 3.8) is 0 Å². The van der Waals surface area contributed by atoms with E-state index in [2.05, 4.69) is 4.90 Å². The summed E-state index contributed by atoms with van der Waals surface area (Å²) in [6.45, 7) is 4.90. The molecule has 2 aromatic carbocycles. The quantitative estimate of drug-likeness (QED) is 0.680. The molecular formula is C23H25ClF3N3O2. The summed E-state index contributed by atoms with van der Waals surface area (Å²) in [5, 5.41) is 0.527. The third-order valence-corrected chi connectivity index (χ3v) is 6.11. The molecule has 2 aliphatic rings. The average molecular weight is 468 g/mol. The van der Waals surface area contributed by atoms with Crippen LogP contribution in [0, 0.1) is 0 Å². The molecule has 2 aliphatic heterocycles. The van der Waals surface area contributed by atoms with Crippen molar-refractivity contribution in [1.29, 1.82) is 0 Å². The number of hydrogen-bond donors (Lipinski definition) is 0. The van der Waals surface area contributed by atoms with E-state index in [0.29, 0.717) is 55.6 Å². The van der Waals surface area contributed by atoms with E-state index >= 15 is 0 Å². The van der Waals surface area contributed by atoms with Gasteiger partial charge in [0.05, 0.1) is 18.3 Å². The monoisotopic (exact) mass is 467 g/mol. The van der Waals surface area contributed by atoms with Crippen LogP contribution in [0.25, 0.3) is 0 Å². The van der Waals surface area contributed by atoms with Gasteiger partial charge in [-0.1, -0.05) is 23.7 Å². The lowest BCUT2D eigenvalue weighted by atomic mass is 10.1. The molecule has 0 aromatic heterocycles. The van der Waals surface area contributed by atoms with Gasteiger partial charge in [0.1, 0.15) is 0 Å². The fourth-order valence-electron chi connectivity index (χ4n) is 4.17. The van der Waals surface area contributed by atoms with Crippen molar-refractivity contribution in [2.75, 3.05) is 57.3 Å². The highest BCUT2D eigenvalue weighted by molar-refractivity contribution is 6.30. The normalized spacial score (nSPS) is 20.4. The summed E-state index contributed by atoms with van der Waals surface area (Å²) in [6, 6.07) is 12.4. The summed E-state index contributed by atoms with van der Waals surface area (Å²) in [7, 11) is 0. The highest BCUT2D eigenvalue weighted by Crippen LogP contribution is 2.32. The minimum Gasteiger partial charge on any atom is -0.373 e. The highest BCUT2D eigenvalue weighted by Gasteiger charge is 2.32. The van der Waals surface area contributed by atoms with E-state index in [1.807, 2.05) is 4.90 Å². The van der Waals surface area contributed by atoms with Crippen LogP contribution in [0.3, 0.4) is 0 Å². The maximum Gasteiger partial charge on any atom is 0.416 e. The van der Waals surface area contributed by atoms with E-state index < -0.39 is 11.7 Å². The molecule has 9 heteroatoms. The minimum atomic E-state index is -4.34. The highest BCUT2D eigenvalue weighted by atomic mass is 35.5. The second-order valence-corrected chi connectivity index (χ2v) is 8.53. The summed E-state index contributed by atoms with van der Waals surface area (Å²) in [6.07, 6.45) is -4.45. The lowest BCUT2D eigenvalue weighted by Crippen LogP contribution is -2.53. The molecule has 0 saturated carbocycles. The largest absolute Gasteiger partial charge is 0.416 e. The molecule has 0 bridgehead atoms. The Kier molecular flexibility index (Phi) is 6.93. The van der Waals surface area contributed by atoms with Crippen LogP contribution >= 0.6 is 11.6 Å². The van der Waals surface area contributed by atoms with Crippen LogP contribution in [0.4, 0.5) is 18.9 Å². The predicted molar refractivity (Wildman–Crippen MR) is 117 cm³/mol. The molecule has 0 aliphatic carbocycles. The van der Waals surface area contributed by atoms with E-state index in [1.54, 1.807) is 35.2 Å². The number of halogens is 4. The molecule has 5 nitrogen and oxygen atoms in total. The minimum absolute atomic E-state index is 0.0600. The van der Waals surface area contributed by atoms with Crippen LogP contribution in [0.2, 0.25) is 5.02 Å². The van der Waals surface area contributed by atoms with Gasteiger partial charge in [0.2, 0.25) is 0 Å². The van der Waals surface area contributed by atoms with Gasteiger partial charge in [0.25, 0.3) is 5.91 Å². The zero-order valence-corrected chi connectivity index (χ0v) is 18.3. The number of piperazine rings is 1. The first kappa shape index (κ1) is 22.9. The van der Waals surface area contributed by atoms with Gasteiger partial charge >= 0.3 is 6.18 Å². The van der Waals surface area contributed by atoms with Gasteiger partial charge < -0.3 is 14.5 Å². The van der Waals surface area contributed by atoms with Crippen LogP contribution in [0.5, 0.6) is 0 Å². The van der Waals surface area contributed by atoms with Crippen LogP contribution in [0.15, 0.2) is 48.5 Å². The van der Waals surface area contributed by atoms with E-state index in [1.165, 1.54) is 12.1 Å². The molecule has 1 amide bonds. The van der Waals surface area contributed by atoms with Gasteiger partial charge in [-0.3, -0.25) is 9.69 Å². The number of morpholine rings is 1. The number of rotatable bonds is 4. The van der Waals surface area contributed by atoms with Gasteiger partial charge in [-0.05, 0) is 36.4 Å². The first-order chi connectivity index (χ1) is 15.3. The number of anilines is 1. The molecule has 172 valence electrons. The van der Waals surface area contributed by atoms with Gasteiger partial charge in [-0.15, -0.1) is 0 Å². The van der Waals surface area contributed by atoms with Crippen LogP contribution in [0.1, 0.15) is 15.9 Å². The van der Waals surface area contributed by atoms with Crippen molar-refractivity contribution in [1.82, 2.24) is 9.80 Å². The lowest BCUT2D eigenvalue weighted by Gasteiger charge is -2.40. The predicted octanol–water partition coefficient (Wildman–Crippen LogP) is 4.02. The van der Waals surface area contributed by atoms with Crippen LogP contribution in [-0.4, -0.2) is 74.2 Å². The maximum atomic E-state index is 13.0. The number of hydrogen-bond acceptors (Lipinski definition) is 4. The Balaban J connectivity index is 1.30. The maximum absolute atomic E-state index is 13.0. The Labute approximate surface area is 190 Å². The van der Waals surface area contributed by atoms with Gasteiger partial charge in [-0.2, -0.15) is 13.2 Å². The van der Waals surface area contributed by atoms with Crippen molar-refractivity contribution < 1.29 is 22.7 Å². The Morgan fingerprint density at radius 1 is 1.03 bits per heavy atom. The Hall–Kier alpha value is -2.29. The topological polar surface area (TPSA) is 36.0 Å². The molecule has 4 rings (SSSR count). The zero-order chi connectivity index (χ0) is 22.7. The van der Waals surface area contributed by atoms with Crippen molar-refractivity contribution in [3.8, 4) is 0 Å². The summed E-state index contributed by atoms with van der Waals surface area (Å²) in [5.74, 6) is -0.0600. The van der Waals surface area contributed by atoms with Gasteiger partial charge in [0, 0.05) is 62.1 Å². The van der Waals surface area contributed by atoms with E-state index in [-0.39, 0.29) is 12.0 Å². The van der Waals surface area contributed by atoms with Gasteiger partial charge in [-0.25, -0.2) is 0 Å². The molecular weight excluding hydrogens is 443 g/mol. The molecule has 0 spiro atoms. The third-order valence-electron chi connectivity index (χ3n) is 5.87. The van der Waals surface area contributed by atoms with Gasteiger partial charge in [0.15, 0.2) is 0 Å². The van der Waals surface area contributed by atoms with E-state index in [9.17, 15) is 18.0 Å². The number of carbonyl (C=O) groups is 1. The number of ether oxygens (including phenoxy) is 1. The molecule has 0 N–H and O–H groups in total. The van der Waals surface area contributed by atoms with Crippen molar-refractivity contribution in [2.24, 2.45) is 0 Å². The number of amides is 1. The van der Waals surface area contributed by atoms with Crippen LogP contribution < -0.4 is 4.90 Å². The molecule has 2 aromatic rings. The lowest BCUT2D eigenvalue weighted by molar-refractivity contribution is -0.137. The Morgan fingerprint density at radius 3 is 2.50 bits per heavy atom. The third kappa shape index (κ3) is 5.54. The fourth-order valence-corrected chi connectivity index (χ4v) is 4.36. The number of nitrogens with zero attached hydrogens (tertiary/aromatic N) is 3. The Morgan fingerprint density at radius 2 is 1.78 bits per heavy atom. The summed E-state index contributed by atoms with van der Waals surface area (Å²) < 4.78 is 44.9. The smallest absolute Gasteiger partial charge is 0.373 e. The standard InChI is InChI=1S/C23H25ClF3N3O2/c24-19-5-1-3-17(13-19)22(31)30-11-12-32-21(16-30)15-28-7-9-29(10-8-28)20-6-2-4-18(14-20)23(25,26)27/h1-6,13-14,21H,7-12,15-16H2. The molecule has 2 saturated heterocycles. The fraction of sp³-hybridized carbons (Fsp3) is 0.435. The molecule has 1 atom stereocenters. The summed E-state index contributed by atoms with van der Waals surface area (Å²) >= 11 is 6.01. The molecule has 1 unspecified atom stereocenters. The number of carbonyl (C=O) groups excluding carboxylic acids is 1. The van der Waals surface area contributed by atoms with Crippen molar-refractivity contribution in [2.45, 2.75) is 12.3 Å². The number of alkyl halides is 3. The molecule has 32 heavy (non-hydrogen) atoms. The van der Waals surface area contributed by atoms with Crippen molar-refractivity contribution >= 4 is 23.2 Å². The summed E-state index contributed by atoms with van der Waals surface area (Å²) in [4.78, 5) is 18.8. The first-order valence-corrected chi connectivity index (χ1v) is 11.0. The van der Waals surface area contributed by atoms with Crippen LogP contribution in [-0.2, 0) is 10.9 Å². The SMILES string of the molecule is O=C(c1cccc(Cl)c1)N1CCOC(CN2CCN(c3cccc(C(F)(F)F)c3)CC2)C1. The second-order valence-electron chi connectivity index (χ2n) is 8.09. The summed E-state index contributed by atoms with van der Waals surface area (Å²) in [5.41, 5.74) is 0.525. The molecule has 2 heterocycles. The number of benzene rings is 2. The molecule has 2 fully saturated rings. The molecule has 0 radical (unpaired) electrons. The zero-order valence-electron chi connectivity index (χ0n) is 17.5. The van der Waals surface area contributed by atoms with Crippen molar-refractivity contribution in [3.05, 3.63) is 64.7 Å². The van der Waals surface area contributed by atoms with E-state index in [4.69, 9.17) is 16.3 Å². The average Bonchev–Trinajstić information content (AvgIpc) is 2.79. The second kappa shape index (κ2) is 9.68. The van der Waals surface area contributed by atoms with E-state index in [0.717, 1.165) is 19.2 Å². The first-order valence-electron chi connectivity index (χ1n) is 10.6. The Bertz CT molecular complexity index is 948.